The zero-order chi connectivity index (χ0) is 10.1. The minimum atomic E-state index is -0.170. The predicted octanol–water partition coefficient (Wildman–Crippen LogP) is 4.17. The number of benzene rings is 1. The number of hydrogen-bond acceptors (Lipinski definition) is 1. The molecule has 0 atom stereocenters. The molecule has 1 aromatic heterocycles. The molecule has 0 aliphatic heterocycles. The van der Waals surface area contributed by atoms with Crippen LogP contribution in [0.5, 0.6) is 0 Å². The van der Waals surface area contributed by atoms with Crippen LogP contribution in [0.15, 0.2) is 29.6 Å². The van der Waals surface area contributed by atoms with Crippen molar-refractivity contribution in [3.8, 4) is 10.4 Å². The summed E-state index contributed by atoms with van der Waals surface area (Å²) in [6.45, 7) is 4.05. The molecule has 0 bridgehead atoms. The monoisotopic (exact) mass is 206 g/mol. The van der Waals surface area contributed by atoms with Gasteiger partial charge in [-0.1, -0.05) is 6.07 Å². The van der Waals surface area contributed by atoms with Gasteiger partial charge in [-0.25, -0.2) is 4.39 Å². The van der Waals surface area contributed by atoms with Gasteiger partial charge in [-0.2, -0.15) is 0 Å². The van der Waals surface area contributed by atoms with Crippen LogP contribution in [0.25, 0.3) is 10.4 Å². The van der Waals surface area contributed by atoms with Crippen molar-refractivity contribution in [3.05, 3.63) is 46.6 Å². The van der Waals surface area contributed by atoms with E-state index in [4.69, 9.17) is 0 Å². The van der Waals surface area contributed by atoms with Crippen LogP contribution in [-0.4, -0.2) is 0 Å². The Balaban J connectivity index is 2.55. The summed E-state index contributed by atoms with van der Waals surface area (Å²) < 4.78 is 13.0. The summed E-state index contributed by atoms with van der Waals surface area (Å²) in [5.41, 5.74) is 3.35. The topological polar surface area (TPSA) is 0 Å². The molecule has 0 unspecified atom stereocenters. The minimum Gasteiger partial charge on any atom is -0.207 e. The van der Waals surface area contributed by atoms with Gasteiger partial charge in [-0.15, -0.1) is 11.3 Å². The van der Waals surface area contributed by atoms with Gasteiger partial charge in [0.1, 0.15) is 5.82 Å². The SMILES string of the molecule is Cc1csc(-c2cc(F)ccc2C)c1. The first kappa shape index (κ1) is 9.41. The lowest BCUT2D eigenvalue weighted by Crippen LogP contribution is -1.82. The quantitative estimate of drug-likeness (QED) is 0.657. The normalized spacial score (nSPS) is 10.5. The summed E-state index contributed by atoms with van der Waals surface area (Å²) in [6.07, 6.45) is 0. The predicted molar refractivity (Wildman–Crippen MR) is 59.2 cm³/mol. The highest BCUT2D eigenvalue weighted by Gasteiger charge is 2.05. The van der Waals surface area contributed by atoms with Crippen molar-refractivity contribution in [2.45, 2.75) is 13.8 Å². The molecular formula is C12H11FS. The lowest BCUT2D eigenvalue weighted by Gasteiger charge is -2.02. The third-order valence-corrected chi connectivity index (χ3v) is 3.28. The summed E-state index contributed by atoms with van der Waals surface area (Å²) in [5.74, 6) is -0.170. The third kappa shape index (κ3) is 1.70. The van der Waals surface area contributed by atoms with Crippen LogP contribution in [0.4, 0.5) is 4.39 Å². The lowest BCUT2D eigenvalue weighted by atomic mass is 10.1. The van der Waals surface area contributed by atoms with Crippen molar-refractivity contribution < 1.29 is 4.39 Å². The Bertz CT molecular complexity index is 457. The maximum atomic E-state index is 13.0. The van der Waals surface area contributed by atoms with E-state index in [1.165, 1.54) is 11.6 Å². The molecule has 0 fully saturated rings. The van der Waals surface area contributed by atoms with Crippen molar-refractivity contribution in [2.24, 2.45) is 0 Å². The third-order valence-electron chi connectivity index (χ3n) is 2.20. The molecule has 0 amide bonds. The minimum absolute atomic E-state index is 0.170. The van der Waals surface area contributed by atoms with E-state index in [1.807, 2.05) is 13.0 Å². The Morgan fingerprint density at radius 3 is 2.57 bits per heavy atom. The molecule has 0 saturated heterocycles. The Morgan fingerprint density at radius 2 is 1.93 bits per heavy atom. The fourth-order valence-corrected chi connectivity index (χ4v) is 2.41. The van der Waals surface area contributed by atoms with Gasteiger partial charge in [0.05, 0.1) is 0 Å². The van der Waals surface area contributed by atoms with Crippen molar-refractivity contribution in [1.29, 1.82) is 0 Å². The van der Waals surface area contributed by atoms with Gasteiger partial charge >= 0.3 is 0 Å². The van der Waals surface area contributed by atoms with Gasteiger partial charge in [0, 0.05) is 4.88 Å². The molecule has 0 aliphatic carbocycles. The summed E-state index contributed by atoms with van der Waals surface area (Å²) in [4.78, 5) is 1.14. The highest BCUT2D eigenvalue weighted by molar-refractivity contribution is 7.13. The number of thiophene rings is 1. The summed E-state index contributed by atoms with van der Waals surface area (Å²) in [5, 5.41) is 2.08. The standard InChI is InChI=1S/C12H11FS/c1-8-5-12(14-7-8)11-6-10(13)4-3-9(11)2/h3-7H,1-2H3. The highest BCUT2D eigenvalue weighted by Crippen LogP contribution is 2.29. The molecule has 0 spiro atoms. The smallest absolute Gasteiger partial charge is 0.123 e. The molecule has 72 valence electrons. The Morgan fingerprint density at radius 1 is 1.14 bits per heavy atom. The second kappa shape index (κ2) is 3.54. The van der Waals surface area contributed by atoms with Crippen LogP contribution in [-0.2, 0) is 0 Å². The molecular weight excluding hydrogens is 195 g/mol. The van der Waals surface area contributed by atoms with E-state index < -0.39 is 0 Å². The first-order valence-electron chi connectivity index (χ1n) is 4.48. The van der Waals surface area contributed by atoms with Crippen LogP contribution in [0, 0.1) is 19.7 Å². The van der Waals surface area contributed by atoms with E-state index in [0.717, 1.165) is 16.0 Å². The van der Waals surface area contributed by atoms with Crippen LogP contribution in [0.3, 0.4) is 0 Å². The maximum absolute atomic E-state index is 13.0. The van der Waals surface area contributed by atoms with Gasteiger partial charge in [0.2, 0.25) is 0 Å². The number of halogens is 1. The largest absolute Gasteiger partial charge is 0.207 e. The van der Waals surface area contributed by atoms with Gasteiger partial charge in [0.25, 0.3) is 0 Å². The summed E-state index contributed by atoms with van der Waals surface area (Å²) >= 11 is 1.66. The zero-order valence-electron chi connectivity index (χ0n) is 8.17. The Labute approximate surface area is 87.0 Å². The average molecular weight is 206 g/mol. The Kier molecular flexibility index (Phi) is 2.38. The number of hydrogen-bond donors (Lipinski definition) is 0. The van der Waals surface area contributed by atoms with Crippen LogP contribution < -0.4 is 0 Å². The van der Waals surface area contributed by atoms with Crippen molar-refractivity contribution in [3.63, 3.8) is 0 Å². The maximum Gasteiger partial charge on any atom is 0.123 e. The van der Waals surface area contributed by atoms with Gasteiger partial charge in [-0.05, 0) is 54.1 Å². The molecule has 0 nitrogen and oxygen atoms in total. The molecule has 14 heavy (non-hydrogen) atoms. The van der Waals surface area contributed by atoms with Gasteiger partial charge in [0.15, 0.2) is 0 Å². The van der Waals surface area contributed by atoms with Crippen LogP contribution in [0.2, 0.25) is 0 Å². The average Bonchev–Trinajstić information content (AvgIpc) is 2.56. The number of aryl methyl sites for hydroxylation is 2. The molecule has 0 saturated carbocycles. The fraction of sp³-hybridized carbons (Fsp3) is 0.167. The van der Waals surface area contributed by atoms with E-state index in [9.17, 15) is 4.39 Å². The zero-order valence-corrected chi connectivity index (χ0v) is 8.99. The Hall–Kier alpha value is -1.15. The van der Waals surface area contributed by atoms with Crippen molar-refractivity contribution >= 4 is 11.3 Å². The van der Waals surface area contributed by atoms with E-state index in [1.54, 1.807) is 17.4 Å². The summed E-state index contributed by atoms with van der Waals surface area (Å²) in [6, 6.07) is 7.01. The molecule has 1 aromatic carbocycles. The first-order valence-corrected chi connectivity index (χ1v) is 5.36. The van der Waals surface area contributed by atoms with E-state index >= 15 is 0 Å². The molecule has 0 aliphatic rings. The molecule has 2 heteroatoms. The van der Waals surface area contributed by atoms with Gasteiger partial charge in [-0.3, -0.25) is 0 Å². The lowest BCUT2D eigenvalue weighted by molar-refractivity contribution is 0.628. The number of rotatable bonds is 1. The molecule has 1 heterocycles. The second-order valence-corrected chi connectivity index (χ2v) is 4.36. The van der Waals surface area contributed by atoms with Crippen LogP contribution >= 0.6 is 11.3 Å². The fourth-order valence-electron chi connectivity index (χ4n) is 1.43. The molecule has 2 aromatic rings. The first-order chi connectivity index (χ1) is 6.66. The second-order valence-electron chi connectivity index (χ2n) is 3.45. The van der Waals surface area contributed by atoms with Crippen LogP contribution in [0.1, 0.15) is 11.1 Å². The van der Waals surface area contributed by atoms with E-state index in [0.29, 0.717) is 0 Å². The molecule has 2 rings (SSSR count). The van der Waals surface area contributed by atoms with Crippen molar-refractivity contribution in [1.82, 2.24) is 0 Å². The van der Waals surface area contributed by atoms with E-state index in [-0.39, 0.29) is 5.82 Å². The van der Waals surface area contributed by atoms with Gasteiger partial charge < -0.3 is 0 Å². The van der Waals surface area contributed by atoms with E-state index in [2.05, 4.69) is 18.4 Å². The highest BCUT2D eigenvalue weighted by atomic mass is 32.1. The van der Waals surface area contributed by atoms with Crippen molar-refractivity contribution in [2.75, 3.05) is 0 Å². The summed E-state index contributed by atoms with van der Waals surface area (Å²) in [7, 11) is 0. The molecule has 0 radical (unpaired) electrons. The molecule has 0 N–H and O–H groups in total.